The van der Waals surface area contributed by atoms with Crippen LogP contribution in [-0.2, 0) is 4.79 Å². The topological polar surface area (TPSA) is 77.8 Å². The first-order valence-corrected chi connectivity index (χ1v) is 10.9. The van der Waals surface area contributed by atoms with Gasteiger partial charge in [-0.2, -0.15) is 0 Å². The number of hydrogen-bond acceptors (Lipinski definition) is 3. The third-order valence-electron chi connectivity index (χ3n) is 6.32. The van der Waals surface area contributed by atoms with E-state index in [1.807, 2.05) is 6.08 Å². The molecule has 4 heteroatoms. The van der Waals surface area contributed by atoms with E-state index in [0.717, 1.165) is 44.9 Å². The van der Waals surface area contributed by atoms with Gasteiger partial charge in [0, 0.05) is 12.3 Å². The van der Waals surface area contributed by atoms with E-state index in [1.165, 1.54) is 18.4 Å². The zero-order valence-corrected chi connectivity index (χ0v) is 17.0. The molecule has 1 fully saturated rings. The Labute approximate surface area is 164 Å². The molecule has 3 N–H and O–H groups in total. The summed E-state index contributed by atoms with van der Waals surface area (Å²) in [4.78, 5) is 10.6. The molecule has 0 radical (unpaired) electrons. The highest BCUT2D eigenvalue weighted by Gasteiger charge is 2.43. The first kappa shape index (κ1) is 22.2. The number of fused-ring (bicyclic) bond motifs is 1. The molecular weight excluding hydrogens is 340 g/mol. The maximum Gasteiger partial charge on any atom is 0.303 e. The second-order valence-corrected chi connectivity index (χ2v) is 8.78. The van der Waals surface area contributed by atoms with Gasteiger partial charge in [0.1, 0.15) is 0 Å². The number of carbonyl (C=O) groups is 1. The van der Waals surface area contributed by atoms with Crippen molar-refractivity contribution in [1.29, 1.82) is 0 Å². The van der Waals surface area contributed by atoms with Gasteiger partial charge in [0.05, 0.1) is 12.2 Å². The van der Waals surface area contributed by atoms with E-state index in [-0.39, 0.29) is 18.4 Å². The summed E-state index contributed by atoms with van der Waals surface area (Å²) < 4.78 is 0. The van der Waals surface area contributed by atoms with E-state index in [4.69, 9.17) is 5.11 Å². The zero-order chi connectivity index (χ0) is 19.8. The Morgan fingerprint density at radius 3 is 2.81 bits per heavy atom. The molecule has 4 nitrogen and oxygen atoms in total. The molecule has 6 atom stereocenters. The molecule has 1 saturated carbocycles. The van der Waals surface area contributed by atoms with Gasteiger partial charge in [-0.1, -0.05) is 56.9 Å². The fourth-order valence-electron chi connectivity index (χ4n) is 4.83. The van der Waals surface area contributed by atoms with Crippen LogP contribution in [0, 0.1) is 23.7 Å². The molecule has 2 rings (SSSR count). The smallest absolute Gasteiger partial charge is 0.303 e. The Bertz CT molecular complexity index is 524. The molecule has 0 unspecified atom stereocenters. The monoisotopic (exact) mass is 378 g/mol. The van der Waals surface area contributed by atoms with E-state index >= 15 is 0 Å². The van der Waals surface area contributed by atoms with Crippen molar-refractivity contribution in [2.75, 3.05) is 0 Å². The van der Waals surface area contributed by atoms with Crippen molar-refractivity contribution in [3.8, 4) is 0 Å². The van der Waals surface area contributed by atoms with E-state index in [0.29, 0.717) is 17.8 Å². The average Bonchev–Trinajstić information content (AvgIpc) is 3.11. The van der Waals surface area contributed by atoms with Crippen molar-refractivity contribution >= 4 is 5.97 Å². The molecule has 0 saturated heterocycles. The quantitative estimate of drug-likeness (QED) is 0.339. The van der Waals surface area contributed by atoms with E-state index in [1.54, 1.807) is 0 Å². The van der Waals surface area contributed by atoms with Gasteiger partial charge in [0.15, 0.2) is 0 Å². The molecule has 2 aliphatic carbocycles. The second-order valence-electron chi connectivity index (χ2n) is 8.78. The zero-order valence-electron chi connectivity index (χ0n) is 17.0. The Morgan fingerprint density at radius 2 is 2.11 bits per heavy atom. The molecule has 0 aromatic carbocycles. The molecule has 154 valence electrons. The SMILES string of the molecule is CCCC[C@H](C)C[C@@H](O)C=C[C@@H]1[C@H]2C=C(CCCCC(=O)O)C[C@@H]2C[C@H]1O. The van der Waals surface area contributed by atoms with Gasteiger partial charge in [-0.25, -0.2) is 0 Å². The van der Waals surface area contributed by atoms with Gasteiger partial charge >= 0.3 is 5.97 Å². The number of carboxylic acid groups (broad SMARTS) is 1. The number of aliphatic carboxylic acids is 1. The molecule has 2 aliphatic rings. The van der Waals surface area contributed by atoms with Gasteiger partial charge in [0.2, 0.25) is 0 Å². The van der Waals surface area contributed by atoms with Gasteiger partial charge in [0.25, 0.3) is 0 Å². The maximum absolute atomic E-state index is 10.6. The summed E-state index contributed by atoms with van der Waals surface area (Å²) in [5, 5.41) is 29.5. The minimum absolute atomic E-state index is 0.104. The van der Waals surface area contributed by atoms with Crippen LogP contribution in [0.3, 0.4) is 0 Å². The Kier molecular flexibility index (Phi) is 9.04. The van der Waals surface area contributed by atoms with Crippen molar-refractivity contribution in [3.63, 3.8) is 0 Å². The van der Waals surface area contributed by atoms with Gasteiger partial charge < -0.3 is 15.3 Å². The van der Waals surface area contributed by atoms with E-state index in [2.05, 4.69) is 26.0 Å². The van der Waals surface area contributed by atoms with Crippen LogP contribution in [0.5, 0.6) is 0 Å². The summed E-state index contributed by atoms with van der Waals surface area (Å²) in [7, 11) is 0. The van der Waals surface area contributed by atoms with Crippen LogP contribution >= 0.6 is 0 Å². The number of allylic oxidation sites excluding steroid dienone is 2. The fourth-order valence-corrected chi connectivity index (χ4v) is 4.83. The highest BCUT2D eigenvalue weighted by Crippen LogP contribution is 2.48. The lowest BCUT2D eigenvalue weighted by molar-refractivity contribution is -0.137. The molecule has 27 heavy (non-hydrogen) atoms. The third kappa shape index (κ3) is 7.08. The summed E-state index contributed by atoms with van der Waals surface area (Å²) in [5.74, 6) is 0.782. The summed E-state index contributed by atoms with van der Waals surface area (Å²) in [5.41, 5.74) is 1.43. The highest BCUT2D eigenvalue weighted by atomic mass is 16.4. The number of hydrogen-bond donors (Lipinski definition) is 3. The Morgan fingerprint density at radius 1 is 1.33 bits per heavy atom. The Hall–Kier alpha value is -1.13. The minimum atomic E-state index is -0.719. The molecule has 0 bridgehead atoms. The number of carboxylic acids is 1. The fraction of sp³-hybridized carbons (Fsp3) is 0.783. The third-order valence-corrected chi connectivity index (χ3v) is 6.32. The molecule has 0 heterocycles. The van der Waals surface area contributed by atoms with Crippen LogP contribution in [0.15, 0.2) is 23.8 Å². The lowest BCUT2D eigenvalue weighted by Crippen LogP contribution is -2.17. The first-order chi connectivity index (χ1) is 12.9. The second kappa shape index (κ2) is 11.0. The largest absolute Gasteiger partial charge is 0.481 e. The maximum atomic E-state index is 10.6. The number of aliphatic hydroxyl groups is 2. The van der Waals surface area contributed by atoms with Crippen molar-refractivity contribution in [3.05, 3.63) is 23.8 Å². The normalized spacial score (nSPS) is 29.7. The van der Waals surface area contributed by atoms with Crippen LogP contribution in [0.4, 0.5) is 0 Å². The molecular formula is C23H38O4. The molecule has 0 aromatic rings. The molecule has 0 spiro atoms. The highest BCUT2D eigenvalue weighted by molar-refractivity contribution is 5.66. The number of unbranched alkanes of at least 4 members (excludes halogenated alkanes) is 2. The predicted molar refractivity (Wildman–Crippen MR) is 108 cm³/mol. The van der Waals surface area contributed by atoms with Crippen LogP contribution in [0.25, 0.3) is 0 Å². The van der Waals surface area contributed by atoms with E-state index in [9.17, 15) is 15.0 Å². The standard InChI is InChI=1S/C23H38O4/c1-3-4-7-16(2)12-19(24)10-11-20-21-14-17(8-5-6-9-23(26)27)13-18(21)15-22(20)25/h10-11,14,16,18-22,24-25H,3-9,12-13,15H2,1-2H3,(H,26,27)/t16-,18+,19-,20+,21-,22+/m0/s1. The lowest BCUT2D eigenvalue weighted by atomic mass is 9.90. The molecule has 0 aliphatic heterocycles. The summed E-state index contributed by atoms with van der Waals surface area (Å²) in [6.07, 6.45) is 14.6. The van der Waals surface area contributed by atoms with E-state index < -0.39 is 12.1 Å². The summed E-state index contributed by atoms with van der Waals surface area (Å²) in [6, 6.07) is 0. The summed E-state index contributed by atoms with van der Waals surface area (Å²) >= 11 is 0. The van der Waals surface area contributed by atoms with Crippen molar-refractivity contribution in [2.45, 2.75) is 90.3 Å². The number of aliphatic hydroxyl groups excluding tert-OH is 2. The number of rotatable bonds is 12. The predicted octanol–water partition coefficient (Wildman–Crippen LogP) is 4.71. The minimum Gasteiger partial charge on any atom is -0.481 e. The van der Waals surface area contributed by atoms with Gasteiger partial charge in [-0.05, 0) is 56.3 Å². The van der Waals surface area contributed by atoms with Crippen LogP contribution < -0.4 is 0 Å². The summed E-state index contributed by atoms with van der Waals surface area (Å²) in [6.45, 7) is 4.39. The van der Waals surface area contributed by atoms with Crippen LogP contribution in [0.1, 0.15) is 78.1 Å². The van der Waals surface area contributed by atoms with Gasteiger partial charge in [-0.3, -0.25) is 4.79 Å². The lowest BCUT2D eigenvalue weighted by Gasteiger charge is -2.17. The van der Waals surface area contributed by atoms with Crippen molar-refractivity contribution in [1.82, 2.24) is 0 Å². The molecule has 0 aromatic heterocycles. The van der Waals surface area contributed by atoms with Gasteiger partial charge in [-0.15, -0.1) is 0 Å². The Balaban J connectivity index is 1.83. The van der Waals surface area contributed by atoms with Crippen molar-refractivity contribution < 1.29 is 20.1 Å². The molecule has 0 amide bonds. The first-order valence-electron chi connectivity index (χ1n) is 10.9. The van der Waals surface area contributed by atoms with Crippen LogP contribution in [0.2, 0.25) is 0 Å². The average molecular weight is 379 g/mol. The van der Waals surface area contributed by atoms with Crippen molar-refractivity contribution in [2.24, 2.45) is 23.7 Å². The van der Waals surface area contributed by atoms with Crippen LogP contribution in [-0.4, -0.2) is 33.5 Å².